The molecule has 6 nitrogen and oxygen atoms in total. The van der Waals surface area contributed by atoms with Gasteiger partial charge in [-0.1, -0.05) is 0 Å². The van der Waals surface area contributed by atoms with Gasteiger partial charge in [-0.2, -0.15) is 21.6 Å². The Morgan fingerprint density at radius 3 is 2.19 bits per heavy atom. The molecule has 0 bridgehead atoms. The molecule has 1 N–H and O–H groups in total. The van der Waals surface area contributed by atoms with Gasteiger partial charge in [-0.25, -0.2) is 8.98 Å². The molecule has 1 aromatic carbocycles. The minimum absolute atomic E-state index is 0.0722. The molecule has 2 rings (SSSR count). The van der Waals surface area contributed by atoms with Crippen molar-refractivity contribution in [3.63, 3.8) is 0 Å². The lowest BCUT2D eigenvalue weighted by Crippen LogP contribution is -2.33. The van der Waals surface area contributed by atoms with Crippen molar-refractivity contribution in [2.75, 3.05) is 31.4 Å². The number of ether oxygens (including phenoxy) is 1. The van der Waals surface area contributed by atoms with E-state index in [0.717, 1.165) is 55.6 Å². The van der Waals surface area contributed by atoms with Crippen molar-refractivity contribution in [1.82, 2.24) is 5.32 Å². The molecule has 0 atom stereocenters. The van der Waals surface area contributed by atoms with Crippen molar-refractivity contribution in [2.24, 2.45) is 0 Å². The molecule has 1 saturated heterocycles. The number of alkyl carbamates (subject to hydrolysis) is 1. The van der Waals surface area contributed by atoms with Crippen LogP contribution in [-0.2, 0) is 25.2 Å². The molecule has 1 aromatic rings. The van der Waals surface area contributed by atoms with Crippen molar-refractivity contribution in [2.45, 2.75) is 56.7 Å². The third-order valence-electron chi connectivity index (χ3n) is 4.94. The Hall–Kier alpha value is -1.38. The number of halogens is 3. The Bertz CT molecular complexity index is 845. The predicted octanol–water partition coefficient (Wildman–Crippen LogP) is 5.09. The Morgan fingerprint density at radius 1 is 1.10 bits per heavy atom. The molecule has 176 valence electrons. The molecule has 1 aliphatic rings. The first-order chi connectivity index (χ1) is 14.2. The lowest BCUT2D eigenvalue weighted by atomic mass is 10.2. The first kappa shape index (κ1) is 25.9. The molecule has 0 aromatic heterocycles. The van der Waals surface area contributed by atoms with E-state index in [9.17, 15) is 26.4 Å². The molecule has 0 radical (unpaired) electrons. The van der Waals surface area contributed by atoms with Crippen LogP contribution in [0.15, 0.2) is 29.2 Å². The fourth-order valence-electron chi connectivity index (χ4n) is 3.40. The highest BCUT2D eigenvalue weighted by Gasteiger charge is 2.42. The summed E-state index contributed by atoms with van der Waals surface area (Å²) in [6.07, 6.45) is 0.297. The fraction of sp³-hybridized carbons (Fsp3) is 0.650. The van der Waals surface area contributed by atoms with E-state index in [1.807, 2.05) is 0 Å². The maximum Gasteiger partial charge on any atom is 0.416 e. The maximum absolute atomic E-state index is 12.7. The first-order valence-electron chi connectivity index (χ1n) is 10.1. The van der Waals surface area contributed by atoms with Crippen LogP contribution in [0.1, 0.15) is 45.6 Å². The first-order valence-corrected chi connectivity index (χ1v) is 14.1. The fourth-order valence-corrected chi connectivity index (χ4v) is 9.13. The SMILES string of the molecule is CC(C)(C)OC(=O)NCCC[P+]1(COS(=O)(=O)c2ccc(C(F)(F)F)cc2)CCCC1. The third kappa shape index (κ3) is 8.24. The van der Waals surface area contributed by atoms with Crippen LogP contribution in [-0.4, -0.2) is 51.5 Å². The molecule has 1 fully saturated rings. The Morgan fingerprint density at radius 2 is 1.68 bits per heavy atom. The van der Waals surface area contributed by atoms with E-state index >= 15 is 0 Å². The van der Waals surface area contributed by atoms with E-state index < -0.39 is 40.8 Å². The summed E-state index contributed by atoms with van der Waals surface area (Å²) in [6.45, 7) is 5.75. The molecular weight excluding hydrogens is 454 g/mol. The zero-order chi connectivity index (χ0) is 23.3. The Balaban J connectivity index is 1.91. The summed E-state index contributed by atoms with van der Waals surface area (Å²) in [5, 5.41) is 2.70. The Labute approximate surface area is 182 Å². The van der Waals surface area contributed by atoms with E-state index in [1.165, 1.54) is 0 Å². The topological polar surface area (TPSA) is 81.7 Å². The van der Waals surface area contributed by atoms with Crippen molar-refractivity contribution in [1.29, 1.82) is 0 Å². The van der Waals surface area contributed by atoms with Gasteiger partial charge >= 0.3 is 12.3 Å². The number of carbonyl (C=O) groups excluding carboxylic acids is 1. The van der Waals surface area contributed by atoms with E-state index in [0.29, 0.717) is 13.0 Å². The zero-order valence-electron chi connectivity index (χ0n) is 18.0. The number of carbonyl (C=O) groups is 1. The van der Waals surface area contributed by atoms with Gasteiger partial charge in [0.1, 0.15) is 5.60 Å². The molecule has 31 heavy (non-hydrogen) atoms. The van der Waals surface area contributed by atoms with Crippen LogP contribution in [0.2, 0.25) is 0 Å². The second-order valence-electron chi connectivity index (χ2n) is 8.73. The monoisotopic (exact) mass is 484 g/mol. The maximum atomic E-state index is 12.7. The molecule has 11 heteroatoms. The van der Waals surface area contributed by atoms with Crippen molar-refractivity contribution in [3.05, 3.63) is 29.8 Å². The van der Waals surface area contributed by atoms with Crippen LogP contribution in [0, 0.1) is 0 Å². The number of amides is 1. The third-order valence-corrected chi connectivity index (χ3v) is 10.9. The quantitative estimate of drug-likeness (QED) is 0.316. The lowest BCUT2D eigenvalue weighted by molar-refractivity contribution is -0.137. The highest BCUT2D eigenvalue weighted by Crippen LogP contribution is 2.64. The minimum Gasteiger partial charge on any atom is -0.444 e. The zero-order valence-corrected chi connectivity index (χ0v) is 19.7. The highest BCUT2D eigenvalue weighted by molar-refractivity contribution is 7.87. The van der Waals surface area contributed by atoms with Crippen molar-refractivity contribution in [3.8, 4) is 0 Å². The molecule has 0 saturated carbocycles. The van der Waals surface area contributed by atoms with Gasteiger partial charge in [0.25, 0.3) is 10.1 Å². The second-order valence-corrected chi connectivity index (χ2v) is 14.6. The van der Waals surface area contributed by atoms with Gasteiger partial charge < -0.3 is 10.1 Å². The summed E-state index contributed by atoms with van der Waals surface area (Å²) < 4.78 is 73.5. The summed E-state index contributed by atoms with van der Waals surface area (Å²) in [6, 6.07) is 3.31. The average molecular weight is 484 g/mol. The number of rotatable bonds is 8. The molecule has 1 amide bonds. The molecule has 1 heterocycles. The molecule has 0 aliphatic carbocycles. The van der Waals surface area contributed by atoms with Crippen LogP contribution in [0.4, 0.5) is 18.0 Å². The van der Waals surface area contributed by atoms with E-state index in [4.69, 9.17) is 8.92 Å². The van der Waals surface area contributed by atoms with Crippen LogP contribution >= 0.6 is 7.26 Å². The summed E-state index contributed by atoms with van der Waals surface area (Å²) >= 11 is 0. The van der Waals surface area contributed by atoms with E-state index in [1.54, 1.807) is 20.8 Å². The number of benzene rings is 1. The minimum atomic E-state index is -4.53. The average Bonchev–Trinajstić information content (AvgIpc) is 3.11. The van der Waals surface area contributed by atoms with Crippen LogP contribution < -0.4 is 5.32 Å². The smallest absolute Gasteiger partial charge is 0.416 e. The summed E-state index contributed by atoms with van der Waals surface area (Å²) in [5.41, 5.74) is -1.49. The predicted molar refractivity (Wildman–Crippen MR) is 114 cm³/mol. The number of nitrogens with one attached hydrogen (secondary N) is 1. The van der Waals surface area contributed by atoms with Gasteiger partial charge in [0.15, 0.2) is 6.35 Å². The van der Waals surface area contributed by atoms with Gasteiger partial charge in [-0.15, -0.1) is 0 Å². The van der Waals surface area contributed by atoms with Crippen molar-refractivity contribution < 1.29 is 35.3 Å². The summed E-state index contributed by atoms with van der Waals surface area (Å²) in [7, 11) is -5.82. The number of hydrogen-bond donors (Lipinski definition) is 1. The molecule has 1 aliphatic heterocycles. The van der Waals surface area contributed by atoms with Crippen LogP contribution in [0.5, 0.6) is 0 Å². The van der Waals surface area contributed by atoms with Crippen molar-refractivity contribution >= 4 is 23.5 Å². The van der Waals surface area contributed by atoms with Gasteiger partial charge in [-0.3, -0.25) is 0 Å². The van der Waals surface area contributed by atoms with E-state index in [-0.39, 0.29) is 11.2 Å². The summed E-state index contributed by atoms with van der Waals surface area (Å²) in [5.74, 6) is 0. The van der Waals surface area contributed by atoms with Gasteiger partial charge in [0.05, 0.1) is 28.9 Å². The van der Waals surface area contributed by atoms with Crippen LogP contribution in [0.25, 0.3) is 0 Å². The van der Waals surface area contributed by atoms with E-state index in [2.05, 4.69) is 5.32 Å². The number of alkyl halides is 3. The second kappa shape index (κ2) is 10.0. The van der Waals surface area contributed by atoms with Gasteiger partial charge in [-0.05, 0) is 64.3 Å². The molecular formula is C20H30F3NO5PS+. The van der Waals surface area contributed by atoms with Gasteiger partial charge in [0, 0.05) is 13.8 Å². The van der Waals surface area contributed by atoms with Crippen LogP contribution in [0.3, 0.4) is 0 Å². The Kier molecular flexibility index (Phi) is 8.39. The molecule has 0 spiro atoms. The van der Waals surface area contributed by atoms with Gasteiger partial charge in [0.2, 0.25) is 0 Å². The largest absolute Gasteiger partial charge is 0.444 e. The normalized spacial score (nSPS) is 16.8. The number of hydrogen-bond acceptors (Lipinski definition) is 5. The molecule has 0 unspecified atom stereocenters. The lowest BCUT2D eigenvalue weighted by Gasteiger charge is -2.22. The summed E-state index contributed by atoms with van der Waals surface area (Å²) in [4.78, 5) is 11.4. The highest BCUT2D eigenvalue weighted by atomic mass is 32.2. The standard InChI is InChI=1S/C20H29F3NO5PS/c1-19(2,3)29-18(25)24-11-6-14-30(12-4-5-13-30)15-28-31(26,27)17-9-7-16(8-10-17)20(21,22)23/h7-10H,4-6,11-15H2,1-3H3/p+1.